The van der Waals surface area contributed by atoms with Crippen LogP contribution in [0.1, 0.15) is 15.7 Å². The van der Waals surface area contributed by atoms with Crippen LogP contribution in [0.5, 0.6) is 0 Å². The number of carbonyl (C=O) groups is 3. The summed E-state index contributed by atoms with van der Waals surface area (Å²) in [7, 11) is 0. The number of amides is 3. The summed E-state index contributed by atoms with van der Waals surface area (Å²) in [4.78, 5) is 55.5. The van der Waals surface area contributed by atoms with Gasteiger partial charge in [0.15, 0.2) is 0 Å². The van der Waals surface area contributed by atoms with Crippen LogP contribution in [0.4, 0.5) is 15.8 Å². The first kappa shape index (κ1) is 25.1. The highest BCUT2D eigenvalue weighted by Gasteiger charge is 2.57. The summed E-state index contributed by atoms with van der Waals surface area (Å²) in [6.45, 7) is -0.251. The molecule has 4 heterocycles. The van der Waals surface area contributed by atoms with Gasteiger partial charge in [0.2, 0.25) is 17.7 Å². The van der Waals surface area contributed by atoms with Gasteiger partial charge in [0.25, 0.3) is 0 Å². The Hall–Kier alpha value is -3.25. The first-order chi connectivity index (χ1) is 18.3. The van der Waals surface area contributed by atoms with Crippen molar-refractivity contribution in [2.45, 2.75) is 22.7 Å². The fraction of sp³-hybridized carbons (Fsp3) is 0.154. The molecule has 12 heteroatoms. The van der Waals surface area contributed by atoms with E-state index < -0.39 is 40.6 Å². The zero-order valence-electron chi connectivity index (χ0n) is 19.3. The van der Waals surface area contributed by atoms with Crippen molar-refractivity contribution in [3.8, 4) is 0 Å². The maximum Gasteiger partial charge on any atom is 0.308 e. The van der Waals surface area contributed by atoms with Crippen LogP contribution in [-0.4, -0.2) is 27.5 Å². The number of anilines is 2. The fourth-order valence-corrected chi connectivity index (χ4v) is 8.60. The van der Waals surface area contributed by atoms with Crippen molar-refractivity contribution in [2.24, 2.45) is 5.92 Å². The summed E-state index contributed by atoms with van der Waals surface area (Å²) >= 11 is 9.48. The molecule has 1 fully saturated rings. The Balaban J connectivity index is 1.38. The Bertz CT molecular complexity index is 1620. The molecule has 2 aliphatic rings. The summed E-state index contributed by atoms with van der Waals surface area (Å²) in [5.41, 5.74) is 0.830. The van der Waals surface area contributed by atoms with E-state index in [4.69, 9.17) is 11.6 Å². The summed E-state index contributed by atoms with van der Waals surface area (Å²) in [5, 5.41) is 4.87. The van der Waals surface area contributed by atoms with Crippen molar-refractivity contribution in [3.63, 3.8) is 0 Å². The van der Waals surface area contributed by atoms with Crippen molar-refractivity contribution in [3.05, 3.63) is 96.3 Å². The highest BCUT2D eigenvalue weighted by atomic mass is 35.5. The van der Waals surface area contributed by atoms with E-state index in [0.717, 1.165) is 32.9 Å². The maximum atomic E-state index is 13.7. The van der Waals surface area contributed by atoms with Crippen molar-refractivity contribution in [1.29, 1.82) is 0 Å². The Labute approximate surface area is 232 Å². The van der Waals surface area contributed by atoms with E-state index in [1.54, 1.807) is 24.3 Å². The average molecular weight is 586 g/mol. The second kappa shape index (κ2) is 9.81. The van der Waals surface area contributed by atoms with Crippen LogP contribution in [0.3, 0.4) is 0 Å². The van der Waals surface area contributed by atoms with Gasteiger partial charge in [-0.3, -0.25) is 23.7 Å². The zero-order valence-corrected chi connectivity index (χ0v) is 22.5. The van der Waals surface area contributed by atoms with Gasteiger partial charge in [-0.1, -0.05) is 40.8 Å². The minimum Gasteiger partial charge on any atom is -0.325 e. The molecule has 0 bridgehead atoms. The number of imide groups is 1. The molecule has 2 aromatic carbocycles. The van der Waals surface area contributed by atoms with Crippen molar-refractivity contribution < 1.29 is 18.8 Å². The molecule has 0 saturated carbocycles. The quantitative estimate of drug-likeness (QED) is 0.325. The first-order valence-electron chi connectivity index (χ1n) is 11.4. The lowest BCUT2D eigenvalue weighted by Gasteiger charge is -2.29. The number of thiazole rings is 1. The standard InChI is InChI=1S/C26H17ClFN3O4S3/c27-13-3-7-15(8-4-13)29-18(32)12-30-25-22(38-26(30)35)19(17-2-1-11-36-17)20-21(37-25)24(34)31(23(20)33)16-9-5-14(28)6-10-16/h1-11,19-21H,12H2,(H,29,32)/t19-,20?,21?/m1/s1. The van der Waals surface area contributed by atoms with Crippen molar-refractivity contribution in [1.82, 2.24) is 4.57 Å². The van der Waals surface area contributed by atoms with Gasteiger partial charge < -0.3 is 5.32 Å². The Kier molecular flexibility index (Phi) is 6.47. The van der Waals surface area contributed by atoms with Gasteiger partial charge in [0, 0.05) is 26.4 Å². The van der Waals surface area contributed by atoms with E-state index in [-0.39, 0.29) is 11.4 Å². The summed E-state index contributed by atoms with van der Waals surface area (Å²) in [5.74, 6) is -2.96. The number of nitrogens with one attached hydrogen (secondary N) is 1. The number of fused-ring (bicyclic) bond motifs is 2. The molecule has 3 amide bonds. The average Bonchev–Trinajstić information content (AvgIpc) is 3.59. The zero-order chi connectivity index (χ0) is 26.6. The molecular formula is C26H17ClFN3O4S3. The van der Waals surface area contributed by atoms with Crippen LogP contribution in [0.25, 0.3) is 0 Å². The minimum atomic E-state index is -0.799. The number of thioether (sulfide) groups is 1. The molecule has 3 atom stereocenters. The number of rotatable bonds is 5. The molecule has 1 saturated heterocycles. The molecule has 0 aliphatic carbocycles. The topological polar surface area (TPSA) is 88.5 Å². The molecule has 4 aromatic rings. The highest BCUT2D eigenvalue weighted by Crippen LogP contribution is 2.54. The Morgan fingerprint density at radius 1 is 1.00 bits per heavy atom. The number of aromatic nitrogens is 1. The van der Waals surface area contributed by atoms with Crippen LogP contribution in [-0.2, 0) is 20.9 Å². The molecule has 0 radical (unpaired) electrons. The normalized spacial score (nSPS) is 20.4. The number of hydrogen-bond donors (Lipinski definition) is 1. The molecule has 38 heavy (non-hydrogen) atoms. The van der Waals surface area contributed by atoms with Crippen LogP contribution < -0.4 is 15.1 Å². The molecule has 0 spiro atoms. The molecular weight excluding hydrogens is 569 g/mol. The van der Waals surface area contributed by atoms with Crippen LogP contribution in [0.15, 0.2) is 75.9 Å². The minimum absolute atomic E-state index is 0.251. The van der Waals surface area contributed by atoms with Gasteiger partial charge in [0.05, 0.1) is 16.6 Å². The van der Waals surface area contributed by atoms with Gasteiger partial charge in [-0.2, -0.15) is 0 Å². The number of thiophene rings is 1. The van der Waals surface area contributed by atoms with Crippen LogP contribution in [0.2, 0.25) is 5.02 Å². The van der Waals surface area contributed by atoms with Crippen molar-refractivity contribution in [2.75, 3.05) is 10.2 Å². The summed E-state index contributed by atoms with van der Waals surface area (Å²) in [6.07, 6.45) is 0. The number of hydrogen-bond acceptors (Lipinski definition) is 7. The third kappa shape index (κ3) is 4.29. The van der Waals surface area contributed by atoms with E-state index in [9.17, 15) is 23.6 Å². The SMILES string of the molecule is O=C(Cn1c2c(sc1=O)[C@H](c1cccs1)C1C(=O)N(c3ccc(F)cc3)C(=O)C1S2)Nc1ccc(Cl)cc1. The maximum absolute atomic E-state index is 13.7. The molecule has 7 nitrogen and oxygen atoms in total. The Morgan fingerprint density at radius 3 is 2.42 bits per heavy atom. The second-order valence-corrected chi connectivity index (χ2v) is 12.3. The third-order valence-electron chi connectivity index (χ3n) is 6.41. The predicted molar refractivity (Wildman–Crippen MR) is 147 cm³/mol. The molecule has 2 aliphatic heterocycles. The van der Waals surface area contributed by atoms with E-state index in [2.05, 4.69) is 5.32 Å². The fourth-order valence-electron chi connectivity index (χ4n) is 4.75. The number of benzene rings is 2. The van der Waals surface area contributed by atoms with Crippen LogP contribution in [0, 0.1) is 11.7 Å². The number of carbonyl (C=O) groups excluding carboxylic acids is 3. The van der Waals surface area contributed by atoms with Gasteiger partial charge >= 0.3 is 4.87 Å². The van der Waals surface area contributed by atoms with E-state index in [1.165, 1.54) is 40.2 Å². The smallest absolute Gasteiger partial charge is 0.308 e. The van der Waals surface area contributed by atoms with E-state index in [1.807, 2.05) is 17.5 Å². The third-order valence-corrected chi connectivity index (χ3v) is 10.2. The molecule has 1 N–H and O–H groups in total. The molecule has 2 aromatic heterocycles. The van der Waals surface area contributed by atoms with Gasteiger partial charge in [-0.05, 0) is 60.0 Å². The predicted octanol–water partition coefficient (Wildman–Crippen LogP) is 5.20. The monoisotopic (exact) mass is 585 g/mol. The first-order valence-corrected chi connectivity index (χ1v) is 14.4. The number of halogens is 2. The lowest BCUT2D eigenvalue weighted by molar-refractivity contribution is -0.122. The van der Waals surface area contributed by atoms with Gasteiger partial charge in [-0.25, -0.2) is 9.29 Å². The largest absolute Gasteiger partial charge is 0.325 e. The number of nitrogens with zero attached hydrogens (tertiary/aromatic N) is 2. The summed E-state index contributed by atoms with van der Waals surface area (Å²) in [6, 6.07) is 15.6. The van der Waals surface area contributed by atoms with E-state index in [0.29, 0.717) is 26.3 Å². The van der Waals surface area contributed by atoms with Gasteiger partial charge in [-0.15, -0.1) is 11.3 Å². The van der Waals surface area contributed by atoms with Crippen molar-refractivity contribution >= 4 is 75.1 Å². The Morgan fingerprint density at radius 2 is 1.74 bits per heavy atom. The van der Waals surface area contributed by atoms with Crippen LogP contribution >= 0.6 is 46.0 Å². The molecule has 2 unspecified atom stereocenters. The van der Waals surface area contributed by atoms with Gasteiger partial charge in [0.1, 0.15) is 17.6 Å². The highest BCUT2D eigenvalue weighted by molar-refractivity contribution is 8.00. The summed E-state index contributed by atoms with van der Waals surface area (Å²) < 4.78 is 14.9. The lowest BCUT2D eigenvalue weighted by atomic mass is 9.87. The molecule has 192 valence electrons. The molecule has 6 rings (SSSR count). The van der Waals surface area contributed by atoms with E-state index >= 15 is 0 Å². The lowest BCUT2D eigenvalue weighted by Crippen LogP contribution is -2.32. The second-order valence-electron chi connectivity index (χ2n) is 8.72.